The molecular formula is C13H20O3. The van der Waals surface area contributed by atoms with Crippen LogP contribution in [0, 0.1) is 22.7 Å². The Morgan fingerprint density at radius 3 is 2.50 bits per heavy atom. The number of methoxy groups -OCH3 is 1. The molecule has 2 fully saturated rings. The Labute approximate surface area is 96.5 Å². The van der Waals surface area contributed by atoms with E-state index in [2.05, 4.69) is 25.5 Å². The van der Waals surface area contributed by atoms with Crippen molar-refractivity contribution < 1.29 is 14.3 Å². The molecule has 2 bridgehead atoms. The third kappa shape index (κ3) is 1.20. The summed E-state index contributed by atoms with van der Waals surface area (Å²) < 4.78 is 4.68. The largest absolute Gasteiger partial charge is 0.469 e. The molecule has 3 heteroatoms. The van der Waals surface area contributed by atoms with Crippen molar-refractivity contribution in [1.82, 2.24) is 0 Å². The first-order valence-electron chi connectivity index (χ1n) is 5.95. The van der Waals surface area contributed by atoms with E-state index in [4.69, 9.17) is 0 Å². The van der Waals surface area contributed by atoms with Gasteiger partial charge < -0.3 is 4.74 Å². The van der Waals surface area contributed by atoms with Gasteiger partial charge in [0.1, 0.15) is 5.78 Å². The molecule has 0 amide bonds. The molecule has 0 unspecified atom stereocenters. The van der Waals surface area contributed by atoms with E-state index >= 15 is 0 Å². The van der Waals surface area contributed by atoms with Crippen LogP contribution < -0.4 is 0 Å². The van der Waals surface area contributed by atoms with Crippen molar-refractivity contribution >= 4 is 11.8 Å². The van der Waals surface area contributed by atoms with Gasteiger partial charge in [-0.3, -0.25) is 9.59 Å². The van der Waals surface area contributed by atoms with Crippen LogP contribution in [-0.4, -0.2) is 18.9 Å². The Bertz CT molecular complexity index is 345. The fraction of sp³-hybridized carbons (Fsp3) is 0.846. The molecular weight excluding hydrogens is 204 g/mol. The zero-order valence-corrected chi connectivity index (χ0v) is 10.5. The van der Waals surface area contributed by atoms with Crippen molar-refractivity contribution in [2.75, 3.05) is 7.11 Å². The van der Waals surface area contributed by atoms with Crippen LogP contribution in [0.3, 0.4) is 0 Å². The van der Waals surface area contributed by atoms with Gasteiger partial charge in [-0.1, -0.05) is 20.8 Å². The molecule has 3 nitrogen and oxygen atoms in total. The number of Topliss-reactive ketones (excluding diaryl/α,β-unsaturated/α-hetero) is 1. The summed E-state index contributed by atoms with van der Waals surface area (Å²) in [5.74, 6) is 0.259. The zero-order chi connectivity index (χ0) is 12.1. The Kier molecular flexibility index (Phi) is 2.41. The number of carbonyl (C=O) groups is 2. The lowest BCUT2D eigenvalue weighted by Gasteiger charge is -2.32. The molecule has 0 spiro atoms. The molecule has 0 aliphatic heterocycles. The molecule has 2 aliphatic carbocycles. The molecule has 0 aromatic carbocycles. The molecule has 0 aromatic rings. The number of rotatable bonds is 2. The summed E-state index contributed by atoms with van der Waals surface area (Å²) in [6.07, 6.45) is 2.30. The van der Waals surface area contributed by atoms with Crippen molar-refractivity contribution in [1.29, 1.82) is 0 Å². The first-order chi connectivity index (χ1) is 7.34. The summed E-state index contributed by atoms with van der Waals surface area (Å²) in [7, 11) is 1.38. The number of ketones is 1. The number of hydrogen-bond acceptors (Lipinski definition) is 3. The Balaban J connectivity index is 2.26. The van der Waals surface area contributed by atoms with Gasteiger partial charge in [0.25, 0.3) is 0 Å². The number of carbonyl (C=O) groups excluding carboxylic acids is 2. The summed E-state index contributed by atoms with van der Waals surface area (Å²) in [5.41, 5.74) is -0.195. The minimum absolute atomic E-state index is 0.0305. The van der Waals surface area contributed by atoms with Gasteiger partial charge in [0.2, 0.25) is 0 Å². The average Bonchev–Trinajstić information content (AvgIpc) is 2.53. The quantitative estimate of drug-likeness (QED) is 0.675. The molecule has 90 valence electrons. The Morgan fingerprint density at radius 1 is 1.44 bits per heavy atom. The molecule has 0 saturated heterocycles. The normalized spacial score (nSPS) is 40.1. The van der Waals surface area contributed by atoms with Crippen LogP contribution in [0.5, 0.6) is 0 Å². The summed E-state index contributed by atoms with van der Waals surface area (Å²) in [5, 5.41) is 0. The molecule has 0 radical (unpaired) electrons. The van der Waals surface area contributed by atoms with E-state index in [1.165, 1.54) is 7.11 Å². The second kappa shape index (κ2) is 3.31. The van der Waals surface area contributed by atoms with Crippen LogP contribution >= 0.6 is 0 Å². The smallest absolute Gasteiger partial charge is 0.306 e. The molecule has 2 aliphatic rings. The first-order valence-corrected chi connectivity index (χ1v) is 5.95. The minimum Gasteiger partial charge on any atom is -0.469 e. The topological polar surface area (TPSA) is 43.4 Å². The number of fused-ring (bicyclic) bond motifs is 2. The van der Waals surface area contributed by atoms with Gasteiger partial charge in [0.15, 0.2) is 0 Å². The predicted octanol–water partition coefficient (Wildman–Crippen LogP) is 2.19. The maximum atomic E-state index is 12.3. The van der Waals surface area contributed by atoms with Gasteiger partial charge >= 0.3 is 5.97 Å². The van der Waals surface area contributed by atoms with Crippen molar-refractivity contribution in [3.05, 3.63) is 0 Å². The van der Waals surface area contributed by atoms with Gasteiger partial charge in [-0.25, -0.2) is 0 Å². The van der Waals surface area contributed by atoms with Crippen molar-refractivity contribution in [2.45, 2.75) is 40.0 Å². The molecule has 0 N–H and O–H groups in total. The second-order valence-electron chi connectivity index (χ2n) is 5.95. The fourth-order valence-corrected chi connectivity index (χ4v) is 3.77. The molecule has 3 atom stereocenters. The lowest BCUT2D eigenvalue weighted by Crippen LogP contribution is -2.33. The van der Waals surface area contributed by atoms with Crippen LogP contribution in [0.1, 0.15) is 40.0 Å². The van der Waals surface area contributed by atoms with E-state index in [-0.39, 0.29) is 34.9 Å². The predicted molar refractivity (Wildman–Crippen MR) is 59.7 cm³/mol. The lowest BCUT2D eigenvalue weighted by molar-refractivity contribution is -0.145. The standard InChI is InChI=1S/C13H20O3/c1-12(2)9-5-6-13(12,3)11(15)8(9)7-10(14)16-4/h8-9H,5-7H2,1-4H3/t8-,9+,13+/m0/s1. The van der Waals surface area contributed by atoms with Crippen LogP contribution in [0.2, 0.25) is 0 Å². The van der Waals surface area contributed by atoms with Crippen LogP contribution in [0.25, 0.3) is 0 Å². The second-order valence-corrected chi connectivity index (χ2v) is 5.95. The molecule has 16 heavy (non-hydrogen) atoms. The highest BCUT2D eigenvalue weighted by Gasteiger charge is 2.66. The highest BCUT2D eigenvalue weighted by molar-refractivity contribution is 5.94. The van der Waals surface area contributed by atoms with Crippen LogP contribution in [0.4, 0.5) is 0 Å². The Morgan fingerprint density at radius 2 is 2.06 bits per heavy atom. The third-order valence-electron chi connectivity index (χ3n) is 5.28. The third-order valence-corrected chi connectivity index (χ3v) is 5.28. The lowest BCUT2D eigenvalue weighted by atomic mass is 9.70. The first kappa shape index (κ1) is 11.6. The minimum atomic E-state index is -0.259. The van der Waals surface area contributed by atoms with E-state index in [0.29, 0.717) is 5.92 Å². The van der Waals surface area contributed by atoms with E-state index in [1.807, 2.05) is 0 Å². The SMILES string of the molecule is COC(=O)C[C@@H]1C(=O)[C@@]2(C)CC[C@H]1C2(C)C. The maximum absolute atomic E-state index is 12.3. The van der Waals surface area contributed by atoms with Gasteiger partial charge in [-0.15, -0.1) is 0 Å². The molecule has 0 heterocycles. The summed E-state index contributed by atoms with van der Waals surface area (Å²) in [4.78, 5) is 23.7. The maximum Gasteiger partial charge on any atom is 0.306 e. The van der Waals surface area contributed by atoms with Crippen molar-refractivity contribution in [3.8, 4) is 0 Å². The fourth-order valence-electron chi connectivity index (χ4n) is 3.77. The monoisotopic (exact) mass is 224 g/mol. The van der Waals surface area contributed by atoms with E-state index in [0.717, 1.165) is 12.8 Å². The number of hydrogen-bond donors (Lipinski definition) is 0. The highest BCUT2D eigenvalue weighted by atomic mass is 16.5. The van der Waals surface area contributed by atoms with Gasteiger partial charge in [0, 0.05) is 11.3 Å². The zero-order valence-electron chi connectivity index (χ0n) is 10.5. The molecule has 2 saturated carbocycles. The summed E-state index contributed by atoms with van der Waals surface area (Å²) in [6.45, 7) is 6.40. The van der Waals surface area contributed by atoms with Crippen molar-refractivity contribution in [3.63, 3.8) is 0 Å². The van der Waals surface area contributed by atoms with Crippen molar-refractivity contribution in [2.24, 2.45) is 22.7 Å². The average molecular weight is 224 g/mol. The van der Waals surface area contributed by atoms with Gasteiger partial charge in [0.05, 0.1) is 13.5 Å². The van der Waals surface area contributed by atoms with Crippen LogP contribution in [-0.2, 0) is 14.3 Å². The molecule has 2 rings (SSSR count). The van der Waals surface area contributed by atoms with Gasteiger partial charge in [-0.2, -0.15) is 0 Å². The summed E-state index contributed by atoms with van der Waals surface area (Å²) >= 11 is 0. The highest BCUT2D eigenvalue weighted by Crippen LogP contribution is 2.66. The van der Waals surface area contributed by atoms with E-state index in [1.54, 1.807) is 0 Å². The summed E-state index contributed by atoms with van der Waals surface area (Å²) in [6, 6.07) is 0. The van der Waals surface area contributed by atoms with E-state index < -0.39 is 0 Å². The van der Waals surface area contributed by atoms with E-state index in [9.17, 15) is 9.59 Å². The Hall–Kier alpha value is -0.860. The number of ether oxygens (including phenoxy) is 1. The molecule has 0 aromatic heterocycles. The van der Waals surface area contributed by atoms with Crippen LogP contribution in [0.15, 0.2) is 0 Å². The van der Waals surface area contributed by atoms with Gasteiger partial charge in [-0.05, 0) is 24.2 Å². The number of esters is 1.